The number of aryl methyl sites for hydroxylation is 1. The van der Waals surface area contributed by atoms with Crippen LogP contribution in [0.3, 0.4) is 0 Å². The van der Waals surface area contributed by atoms with Gasteiger partial charge in [0.25, 0.3) is 0 Å². The molecule has 0 fully saturated rings. The van der Waals surface area contributed by atoms with E-state index >= 15 is 0 Å². The number of nitrogens with zero attached hydrogens (tertiary/aromatic N) is 1. The van der Waals surface area contributed by atoms with Gasteiger partial charge in [0.2, 0.25) is 0 Å². The summed E-state index contributed by atoms with van der Waals surface area (Å²) in [6.07, 6.45) is -0.593. The maximum Gasteiger partial charge on any atom is 0.124 e. The van der Waals surface area contributed by atoms with E-state index in [9.17, 15) is 5.11 Å². The van der Waals surface area contributed by atoms with Crippen molar-refractivity contribution >= 4 is 32.5 Å². The zero-order valence-electron chi connectivity index (χ0n) is 12.2. The Bertz CT molecular complexity index is 959. The van der Waals surface area contributed by atoms with Crippen molar-refractivity contribution in [2.45, 2.75) is 13.0 Å². The zero-order chi connectivity index (χ0) is 15.1. The summed E-state index contributed by atoms with van der Waals surface area (Å²) >= 11 is 1.56. The maximum absolute atomic E-state index is 10.6. The van der Waals surface area contributed by atoms with Crippen molar-refractivity contribution in [3.05, 3.63) is 76.7 Å². The summed E-state index contributed by atoms with van der Waals surface area (Å²) < 4.78 is 0. The zero-order valence-corrected chi connectivity index (χ0v) is 13.0. The number of aliphatic hydroxyl groups is 1. The maximum atomic E-state index is 10.6. The highest BCUT2D eigenvalue weighted by Gasteiger charge is 2.14. The number of thiophene rings is 1. The van der Waals surface area contributed by atoms with Gasteiger partial charge in [-0.1, -0.05) is 48.5 Å². The number of benzene rings is 2. The molecule has 2 heterocycles. The fraction of sp³-hybridized carbons (Fsp3) is 0.105. The third kappa shape index (κ3) is 2.19. The molecule has 0 aliphatic carbocycles. The number of hydrogen-bond acceptors (Lipinski definition) is 3. The van der Waals surface area contributed by atoms with E-state index in [1.54, 1.807) is 11.3 Å². The van der Waals surface area contributed by atoms with Crippen LogP contribution in [0.15, 0.2) is 60.7 Å². The van der Waals surface area contributed by atoms with Crippen molar-refractivity contribution in [3.63, 3.8) is 0 Å². The third-order valence-electron chi connectivity index (χ3n) is 3.94. The summed E-state index contributed by atoms with van der Waals surface area (Å²) in [4.78, 5) is 6.69. The molecule has 0 radical (unpaired) electrons. The van der Waals surface area contributed by atoms with Gasteiger partial charge in [-0.25, -0.2) is 4.98 Å². The highest BCUT2D eigenvalue weighted by atomic mass is 32.1. The lowest BCUT2D eigenvalue weighted by Gasteiger charge is -2.07. The Balaban J connectivity index is 1.87. The lowest BCUT2D eigenvalue weighted by molar-refractivity contribution is 0.224. The van der Waals surface area contributed by atoms with Gasteiger partial charge in [-0.15, -0.1) is 11.3 Å². The van der Waals surface area contributed by atoms with Crippen LogP contribution in [0.1, 0.15) is 22.1 Å². The molecule has 2 nitrogen and oxygen atoms in total. The molecule has 0 aliphatic rings. The Morgan fingerprint density at radius 3 is 2.59 bits per heavy atom. The minimum Gasteiger partial charge on any atom is -0.383 e. The van der Waals surface area contributed by atoms with Crippen LogP contribution >= 0.6 is 11.3 Å². The van der Waals surface area contributed by atoms with Crippen LogP contribution in [-0.2, 0) is 0 Å². The summed E-state index contributed by atoms with van der Waals surface area (Å²) in [6.45, 7) is 2.08. The van der Waals surface area contributed by atoms with Crippen molar-refractivity contribution in [2.75, 3.05) is 0 Å². The highest BCUT2D eigenvalue weighted by Crippen LogP contribution is 2.34. The van der Waals surface area contributed by atoms with E-state index in [1.165, 1.54) is 5.56 Å². The largest absolute Gasteiger partial charge is 0.383 e. The molecule has 0 saturated heterocycles. The van der Waals surface area contributed by atoms with Crippen molar-refractivity contribution in [3.8, 4) is 0 Å². The molecule has 108 valence electrons. The lowest BCUT2D eigenvalue weighted by atomic mass is 10.1. The molecule has 0 spiro atoms. The molecule has 4 aromatic rings. The molecule has 1 N–H and O–H groups in total. The number of rotatable bonds is 2. The minimum absolute atomic E-state index is 0.593. The van der Waals surface area contributed by atoms with Crippen LogP contribution in [-0.4, -0.2) is 10.1 Å². The molecular weight excluding hydrogens is 290 g/mol. The Kier molecular flexibility index (Phi) is 3.17. The smallest absolute Gasteiger partial charge is 0.124 e. The normalized spacial score (nSPS) is 12.8. The van der Waals surface area contributed by atoms with Gasteiger partial charge in [-0.3, -0.25) is 0 Å². The number of pyridine rings is 1. The summed E-state index contributed by atoms with van der Waals surface area (Å²) in [5, 5.41) is 12.8. The van der Waals surface area contributed by atoms with Crippen LogP contribution in [0.2, 0.25) is 0 Å². The van der Waals surface area contributed by atoms with Gasteiger partial charge < -0.3 is 5.11 Å². The number of hydrogen-bond donors (Lipinski definition) is 1. The number of aliphatic hydroxyl groups excluding tert-OH is 1. The van der Waals surface area contributed by atoms with Gasteiger partial charge in [-0.05, 0) is 30.2 Å². The molecule has 2 aromatic carbocycles. The predicted molar refractivity (Wildman–Crippen MR) is 92.4 cm³/mol. The molecule has 0 aliphatic heterocycles. The first-order chi connectivity index (χ1) is 10.7. The van der Waals surface area contributed by atoms with E-state index in [0.29, 0.717) is 0 Å². The Morgan fingerprint density at radius 1 is 0.955 bits per heavy atom. The SMILES string of the molecule is Cc1cccc2cc3cc(C(O)c4ccccc4)sc3nc12. The molecule has 1 atom stereocenters. The van der Waals surface area contributed by atoms with Crippen molar-refractivity contribution in [2.24, 2.45) is 0 Å². The lowest BCUT2D eigenvalue weighted by Crippen LogP contribution is -1.95. The van der Waals surface area contributed by atoms with E-state index in [0.717, 1.165) is 31.6 Å². The first kappa shape index (κ1) is 13.4. The van der Waals surface area contributed by atoms with Gasteiger partial charge in [0, 0.05) is 15.6 Å². The summed E-state index contributed by atoms with van der Waals surface area (Å²) in [6, 6.07) is 20.2. The predicted octanol–water partition coefficient (Wildman–Crippen LogP) is 4.84. The number of aromatic nitrogens is 1. The molecule has 3 heteroatoms. The Hall–Kier alpha value is -2.23. The first-order valence-electron chi connectivity index (χ1n) is 7.25. The van der Waals surface area contributed by atoms with Crippen LogP contribution in [0.4, 0.5) is 0 Å². The number of fused-ring (bicyclic) bond motifs is 2. The minimum atomic E-state index is -0.593. The molecule has 2 aromatic heterocycles. The second-order valence-corrected chi connectivity index (χ2v) is 6.55. The van der Waals surface area contributed by atoms with Crippen LogP contribution in [0.25, 0.3) is 21.1 Å². The average molecular weight is 305 g/mol. The third-order valence-corrected chi connectivity index (χ3v) is 5.03. The van der Waals surface area contributed by atoms with Crippen molar-refractivity contribution in [1.29, 1.82) is 0 Å². The van der Waals surface area contributed by atoms with Gasteiger partial charge >= 0.3 is 0 Å². The van der Waals surface area contributed by atoms with E-state index < -0.39 is 6.10 Å². The highest BCUT2D eigenvalue weighted by molar-refractivity contribution is 7.18. The molecule has 0 bridgehead atoms. The molecular formula is C19H15NOS. The fourth-order valence-corrected chi connectivity index (χ4v) is 3.79. The second kappa shape index (κ2) is 5.20. The monoisotopic (exact) mass is 305 g/mol. The van der Waals surface area contributed by atoms with Crippen LogP contribution < -0.4 is 0 Å². The van der Waals surface area contributed by atoms with Crippen LogP contribution in [0, 0.1) is 6.92 Å². The first-order valence-corrected chi connectivity index (χ1v) is 8.07. The standard InChI is InChI=1S/C19H15NOS/c1-12-6-5-9-14-10-15-11-16(22-19(15)20-17(12)14)18(21)13-7-3-2-4-8-13/h2-11,18,21H,1H3. The molecule has 1 unspecified atom stereocenters. The van der Waals surface area contributed by atoms with Gasteiger partial charge in [-0.2, -0.15) is 0 Å². The summed E-state index contributed by atoms with van der Waals surface area (Å²) in [5.74, 6) is 0. The average Bonchev–Trinajstić information content (AvgIpc) is 2.96. The van der Waals surface area contributed by atoms with E-state index in [2.05, 4.69) is 31.2 Å². The van der Waals surface area contributed by atoms with Crippen molar-refractivity contribution < 1.29 is 5.11 Å². The molecule has 0 amide bonds. The Morgan fingerprint density at radius 2 is 1.77 bits per heavy atom. The second-order valence-electron chi connectivity index (χ2n) is 5.49. The number of para-hydroxylation sites is 1. The summed E-state index contributed by atoms with van der Waals surface area (Å²) in [5.41, 5.74) is 3.13. The quantitative estimate of drug-likeness (QED) is 0.575. The summed E-state index contributed by atoms with van der Waals surface area (Å²) in [7, 11) is 0. The van der Waals surface area contributed by atoms with Crippen LogP contribution in [0.5, 0.6) is 0 Å². The van der Waals surface area contributed by atoms with E-state index in [-0.39, 0.29) is 0 Å². The molecule has 4 rings (SSSR count). The topological polar surface area (TPSA) is 33.1 Å². The van der Waals surface area contributed by atoms with E-state index in [1.807, 2.05) is 36.4 Å². The van der Waals surface area contributed by atoms with E-state index in [4.69, 9.17) is 4.98 Å². The van der Waals surface area contributed by atoms with Crippen molar-refractivity contribution in [1.82, 2.24) is 4.98 Å². The Labute approximate surface area is 132 Å². The molecule has 0 saturated carbocycles. The van der Waals surface area contributed by atoms with Gasteiger partial charge in [0.15, 0.2) is 0 Å². The molecule has 22 heavy (non-hydrogen) atoms. The van der Waals surface area contributed by atoms with Gasteiger partial charge in [0.05, 0.1) is 5.52 Å². The van der Waals surface area contributed by atoms with Gasteiger partial charge in [0.1, 0.15) is 10.9 Å². The fourth-order valence-electron chi connectivity index (χ4n) is 2.76.